The van der Waals surface area contributed by atoms with Gasteiger partial charge in [0.2, 0.25) is 0 Å². The third-order valence-electron chi connectivity index (χ3n) is 2.98. The Bertz CT molecular complexity index is 588. The minimum atomic E-state index is 0.397. The van der Waals surface area contributed by atoms with E-state index in [1.807, 2.05) is 11.6 Å². The molecule has 1 aromatic heterocycles. The van der Waals surface area contributed by atoms with E-state index in [-0.39, 0.29) is 0 Å². The number of aromatic nitrogens is 2. The second-order valence-electron chi connectivity index (χ2n) is 4.29. The predicted octanol–water partition coefficient (Wildman–Crippen LogP) is 2.77. The van der Waals surface area contributed by atoms with Gasteiger partial charge < -0.3 is 4.57 Å². The maximum absolute atomic E-state index is 8.73. The standard InChI is InChI=1S/C14H15N3/c1-10-4-5-11(2)13(8-10)14-16-9-12(6-7-15)17(14)3/h4-5,8-9H,6H2,1-3H3. The molecule has 0 fully saturated rings. The summed E-state index contributed by atoms with van der Waals surface area (Å²) in [7, 11) is 1.96. The lowest BCUT2D eigenvalue weighted by molar-refractivity contribution is 0.863. The van der Waals surface area contributed by atoms with Crippen molar-refractivity contribution < 1.29 is 0 Å². The zero-order valence-electron chi connectivity index (χ0n) is 10.4. The molecule has 2 rings (SSSR count). The van der Waals surface area contributed by atoms with Crippen molar-refractivity contribution in [1.82, 2.24) is 9.55 Å². The highest BCUT2D eigenvalue weighted by Crippen LogP contribution is 2.23. The summed E-state index contributed by atoms with van der Waals surface area (Å²) in [5, 5.41) is 8.73. The van der Waals surface area contributed by atoms with Crippen molar-refractivity contribution in [2.24, 2.45) is 7.05 Å². The van der Waals surface area contributed by atoms with Gasteiger partial charge in [0.25, 0.3) is 0 Å². The van der Waals surface area contributed by atoms with E-state index in [0.29, 0.717) is 6.42 Å². The smallest absolute Gasteiger partial charge is 0.140 e. The van der Waals surface area contributed by atoms with Crippen molar-refractivity contribution in [1.29, 1.82) is 5.26 Å². The number of hydrogen-bond donors (Lipinski definition) is 0. The maximum Gasteiger partial charge on any atom is 0.140 e. The Hall–Kier alpha value is -2.08. The van der Waals surface area contributed by atoms with Crippen LogP contribution in [-0.4, -0.2) is 9.55 Å². The van der Waals surface area contributed by atoms with Gasteiger partial charge in [0.15, 0.2) is 0 Å². The Kier molecular flexibility index (Phi) is 2.97. The Balaban J connectivity index is 2.54. The first-order valence-electron chi connectivity index (χ1n) is 5.58. The molecule has 0 aliphatic heterocycles. The summed E-state index contributed by atoms with van der Waals surface area (Å²) in [6, 6.07) is 8.48. The van der Waals surface area contributed by atoms with Gasteiger partial charge in [-0.15, -0.1) is 0 Å². The Morgan fingerprint density at radius 1 is 1.35 bits per heavy atom. The number of nitrogens with zero attached hydrogens (tertiary/aromatic N) is 3. The summed E-state index contributed by atoms with van der Waals surface area (Å²) in [6.45, 7) is 4.15. The minimum absolute atomic E-state index is 0.397. The van der Waals surface area contributed by atoms with Gasteiger partial charge in [0, 0.05) is 18.8 Å². The Labute approximate surface area is 101 Å². The first kappa shape index (κ1) is 11.4. The number of aryl methyl sites for hydroxylation is 2. The minimum Gasteiger partial charge on any atom is -0.330 e. The van der Waals surface area contributed by atoms with Crippen LogP contribution in [0.5, 0.6) is 0 Å². The normalized spacial score (nSPS) is 10.2. The summed E-state index contributed by atoms with van der Waals surface area (Å²) in [5.41, 5.74) is 4.50. The van der Waals surface area contributed by atoms with Crippen LogP contribution in [0.1, 0.15) is 16.8 Å². The van der Waals surface area contributed by atoms with Crippen LogP contribution in [0.3, 0.4) is 0 Å². The topological polar surface area (TPSA) is 41.6 Å². The molecule has 0 bridgehead atoms. The molecule has 0 aliphatic rings. The molecule has 0 amide bonds. The van der Waals surface area contributed by atoms with Crippen LogP contribution in [0.4, 0.5) is 0 Å². The molecule has 0 aliphatic carbocycles. The van der Waals surface area contributed by atoms with E-state index in [4.69, 9.17) is 5.26 Å². The number of hydrogen-bond acceptors (Lipinski definition) is 2. The molecule has 0 saturated heterocycles. The molecule has 0 atom stereocenters. The van der Waals surface area contributed by atoms with E-state index in [2.05, 4.69) is 43.1 Å². The van der Waals surface area contributed by atoms with E-state index < -0.39 is 0 Å². The summed E-state index contributed by atoms with van der Waals surface area (Å²) in [5.74, 6) is 0.927. The Morgan fingerprint density at radius 2 is 2.12 bits per heavy atom. The lowest BCUT2D eigenvalue weighted by atomic mass is 10.1. The van der Waals surface area contributed by atoms with Gasteiger partial charge in [0.05, 0.1) is 18.2 Å². The number of rotatable bonds is 2. The molecule has 2 aromatic rings. The molecule has 17 heavy (non-hydrogen) atoms. The summed E-state index contributed by atoms with van der Waals surface area (Å²) in [6.07, 6.45) is 2.18. The monoisotopic (exact) mass is 225 g/mol. The SMILES string of the molecule is Cc1ccc(C)c(-c2ncc(CC#N)n2C)c1. The Morgan fingerprint density at radius 3 is 2.82 bits per heavy atom. The molecule has 0 N–H and O–H groups in total. The van der Waals surface area contributed by atoms with Crippen LogP contribution in [-0.2, 0) is 13.5 Å². The van der Waals surface area contributed by atoms with Crippen molar-refractivity contribution in [3.05, 3.63) is 41.2 Å². The molecule has 0 radical (unpaired) electrons. The molecule has 3 nitrogen and oxygen atoms in total. The van der Waals surface area contributed by atoms with E-state index in [0.717, 1.165) is 17.1 Å². The van der Waals surface area contributed by atoms with Crippen LogP contribution in [0.2, 0.25) is 0 Å². The molecule has 86 valence electrons. The highest BCUT2D eigenvalue weighted by Gasteiger charge is 2.10. The first-order chi connectivity index (χ1) is 8.13. The summed E-state index contributed by atoms with van der Waals surface area (Å²) < 4.78 is 1.99. The zero-order valence-corrected chi connectivity index (χ0v) is 10.4. The van der Waals surface area contributed by atoms with Gasteiger partial charge in [-0.25, -0.2) is 4.98 Å². The van der Waals surface area contributed by atoms with Gasteiger partial charge in [-0.3, -0.25) is 0 Å². The van der Waals surface area contributed by atoms with E-state index >= 15 is 0 Å². The molecule has 3 heteroatoms. The van der Waals surface area contributed by atoms with Crippen molar-refractivity contribution in [2.45, 2.75) is 20.3 Å². The van der Waals surface area contributed by atoms with Gasteiger partial charge in [0.1, 0.15) is 5.82 Å². The van der Waals surface area contributed by atoms with Gasteiger partial charge in [-0.05, 0) is 25.5 Å². The van der Waals surface area contributed by atoms with Crippen LogP contribution < -0.4 is 0 Å². The van der Waals surface area contributed by atoms with Gasteiger partial charge >= 0.3 is 0 Å². The number of benzene rings is 1. The van der Waals surface area contributed by atoms with Crippen molar-refractivity contribution >= 4 is 0 Å². The third-order valence-corrected chi connectivity index (χ3v) is 2.98. The zero-order chi connectivity index (χ0) is 12.4. The lowest BCUT2D eigenvalue weighted by Crippen LogP contribution is -1.99. The van der Waals surface area contributed by atoms with Crippen LogP contribution in [0.25, 0.3) is 11.4 Å². The van der Waals surface area contributed by atoms with Gasteiger partial charge in [-0.1, -0.05) is 17.7 Å². The van der Waals surface area contributed by atoms with E-state index in [1.165, 1.54) is 11.1 Å². The van der Waals surface area contributed by atoms with Crippen LogP contribution >= 0.6 is 0 Å². The quantitative estimate of drug-likeness (QED) is 0.788. The maximum atomic E-state index is 8.73. The second kappa shape index (κ2) is 4.42. The highest BCUT2D eigenvalue weighted by atomic mass is 15.1. The van der Waals surface area contributed by atoms with Crippen molar-refractivity contribution in [3.63, 3.8) is 0 Å². The average molecular weight is 225 g/mol. The molecule has 1 heterocycles. The average Bonchev–Trinajstić information content (AvgIpc) is 2.65. The summed E-state index contributed by atoms with van der Waals surface area (Å²) in [4.78, 5) is 4.42. The molecule has 0 unspecified atom stereocenters. The second-order valence-corrected chi connectivity index (χ2v) is 4.29. The molecular formula is C14H15N3. The third kappa shape index (κ3) is 2.07. The largest absolute Gasteiger partial charge is 0.330 e. The number of nitriles is 1. The predicted molar refractivity (Wildman–Crippen MR) is 67.4 cm³/mol. The fourth-order valence-electron chi connectivity index (χ4n) is 1.92. The number of imidazole rings is 1. The molecule has 0 spiro atoms. The lowest BCUT2D eigenvalue weighted by Gasteiger charge is -2.08. The van der Waals surface area contributed by atoms with Crippen LogP contribution in [0, 0.1) is 25.2 Å². The van der Waals surface area contributed by atoms with Gasteiger partial charge in [-0.2, -0.15) is 5.26 Å². The molecule has 0 saturated carbocycles. The molecule has 1 aromatic carbocycles. The van der Waals surface area contributed by atoms with Crippen molar-refractivity contribution in [3.8, 4) is 17.5 Å². The molecular weight excluding hydrogens is 210 g/mol. The van der Waals surface area contributed by atoms with Crippen molar-refractivity contribution in [2.75, 3.05) is 0 Å². The van der Waals surface area contributed by atoms with E-state index in [1.54, 1.807) is 6.20 Å². The highest BCUT2D eigenvalue weighted by molar-refractivity contribution is 5.62. The van der Waals surface area contributed by atoms with Crippen LogP contribution in [0.15, 0.2) is 24.4 Å². The summed E-state index contributed by atoms with van der Waals surface area (Å²) >= 11 is 0. The fraction of sp³-hybridized carbons (Fsp3) is 0.286. The fourth-order valence-corrected chi connectivity index (χ4v) is 1.92. The van der Waals surface area contributed by atoms with E-state index in [9.17, 15) is 0 Å². The first-order valence-corrected chi connectivity index (χ1v) is 5.58.